The number of aromatic nitrogens is 8. The Morgan fingerprint density at radius 1 is 1.14 bits per heavy atom. The Morgan fingerprint density at radius 3 is 2.61 bits per heavy atom. The highest BCUT2D eigenvalue weighted by Crippen LogP contribution is 2.32. The molecule has 0 spiro atoms. The standard InChI is InChI=1S/C26H36N10/c1-7-35-25(18-13-27-17(4)28-14-18)32-23-24(29-15-30-26(23)35)31-19-8-9-21-20(12-19)22(16(2)3)33-36(21)11-10-34(5)6/h13-16,19H,7-12H2,1-6H3,(H,29,30,31)/t19-/m0/s1. The van der Waals surface area contributed by atoms with Gasteiger partial charge in [0, 0.05) is 37.2 Å². The first-order valence-corrected chi connectivity index (χ1v) is 12.9. The highest BCUT2D eigenvalue weighted by atomic mass is 15.3. The molecule has 4 aromatic rings. The number of nitrogens with zero attached hydrogens (tertiary/aromatic N) is 9. The lowest BCUT2D eigenvalue weighted by Crippen LogP contribution is -2.29. The summed E-state index contributed by atoms with van der Waals surface area (Å²) in [6, 6.07) is 0.262. The van der Waals surface area contributed by atoms with E-state index >= 15 is 0 Å². The van der Waals surface area contributed by atoms with Crippen LogP contribution >= 0.6 is 0 Å². The largest absolute Gasteiger partial charge is 0.365 e. The van der Waals surface area contributed by atoms with Crippen LogP contribution in [0.1, 0.15) is 55.9 Å². The second-order valence-electron chi connectivity index (χ2n) is 10.2. The minimum atomic E-state index is 0.262. The van der Waals surface area contributed by atoms with Gasteiger partial charge in [-0.05, 0) is 58.7 Å². The van der Waals surface area contributed by atoms with Gasteiger partial charge in [-0.15, -0.1) is 0 Å². The molecule has 0 aromatic carbocycles. The van der Waals surface area contributed by atoms with Gasteiger partial charge in [-0.1, -0.05) is 13.8 Å². The average Bonchev–Trinajstić information content (AvgIpc) is 3.42. The monoisotopic (exact) mass is 488 g/mol. The summed E-state index contributed by atoms with van der Waals surface area (Å²) in [4.78, 5) is 25.1. The minimum Gasteiger partial charge on any atom is -0.365 e. The number of likely N-dealkylation sites (N-methyl/N-ethyl adjacent to an activating group) is 1. The molecule has 10 heteroatoms. The van der Waals surface area contributed by atoms with Gasteiger partial charge in [0.05, 0.1) is 17.8 Å². The van der Waals surface area contributed by atoms with Crippen LogP contribution in [0.5, 0.6) is 0 Å². The number of anilines is 1. The van der Waals surface area contributed by atoms with E-state index in [1.807, 2.05) is 19.3 Å². The fourth-order valence-corrected chi connectivity index (χ4v) is 5.05. The maximum Gasteiger partial charge on any atom is 0.165 e. The highest BCUT2D eigenvalue weighted by Gasteiger charge is 2.28. The average molecular weight is 489 g/mol. The van der Waals surface area contributed by atoms with Crippen LogP contribution in [0.3, 0.4) is 0 Å². The van der Waals surface area contributed by atoms with Crippen LogP contribution in [0.4, 0.5) is 5.82 Å². The molecule has 1 aliphatic carbocycles. The third-order valence-corrected chi connectivity index (χ3v) is 6.91. The van der Waals surface area contributed by atoms with Gasteiger partial charge in [-0.25, -0.2) is 24.9 Å². The van der Waals surface area contributed by atoms with Crippen LogP contribution in [-0.4, -0.2) is 70.8 Å². The number of fused-ring (bicyclic) bond motifs is 2. The summed E-state index contributed by atoms with van der Waals surface area (Å²) >= 11 is 0. The smallest absolute Gasteiger partial charge is 0.165 e. The zero-order valence-electron chi connectivity index (χ0n) is 22.2. The van der Waals surface area contributed by atoms with Crippen LogP contribution in [0.25, 0.3) is 22.6 Å². The van der Waals surface area contributed by atoms with Crippen LogP contribution in [0.2, 0.25) is 0 Å². The zero-order valence-corrected chi connectivity index (χ0v) is 22.2. The van der Waals surface area contributed by atoms with Crippen molar-refractivity contribution >= 4 is 17.0 Å². The van der Waals surface area contributed by atoms with Gasteiger partial charge in [-0.3, -0.25) is 4.68 Å². The molecule has 1 atom stereocenters. The molecule has 0 amide bonds. The molecule has 0 bridgehead atoms. The van der Waals surface area contributed by atoms with Gasteiger partial charge in [0.25, 0.3) is 0 Å². The van der Waals surface area contributed by atoms with E-state index < -0.39 is 0 Å². The lowest BCUT2D eigenvalue weighted by molar-refractivity contribution is 0.366. The molecule has 0 radical (unpaired) electrons. The van der Waals surface area contributed by atoms with E-state index in [4.69, 9.17) is 10.1 Å². The lowest BCUT2D eigenvalue weighted by atomic mass is 9.89. The fraction of sp³-hybridized carbons (Fsp3) is 0.538. The van der Waals surface area contributed by atoms with Crippen molar-refractivity contribution in [3.05, 3.63) is 41.5 Å². The molecule has 0 unspecified atom stereocenters. The summed E-state index contributed by atoms with van der Waals surface area (Å²) in [6.07, 6.45) is 8.23. The molecule has 0 aliphatic heterocycles. The van der Waals surface area contributed by atoms with Gasteiger partial charge in [0.1, 0.15) is 18.0 Å². The van der Waals surface area contributed by atoms with Crippen LogP contribution < -0.4 is 5.32 Å². The molecule has 1 aliphatic rings. The molecule has 4 aromatic heterocycles. The van der Waals surface area contributed by atoms with Crippen molar-refractivity contribution in [3.8, 4) is 11.4 Å². The first kappa shape index (κ1) is 24.3. The lowest BCUT2D eigenvalue weighted by Gasteiger charge is -2.25. The van der Waals surface area contributed by atoms with Gasteiger partial charge in [0.2, 0.25) is 0 Å². The van der Waals surface area contributed by atoms with Crippen LogP contribution in [-0.2, 0) is 25.9 Å². The fourth-order valence-electron chi connectivity index (χ4n) is 5.05. The predicted octanol–water partition coefficient (Wildman–Crippen LogP) is 3.46. The zero-order chi connectivity index (χ0) is 25.4. The molecule has 5 rings (SSSR count). The van der Waals surface area contributed by atoms with Crippen molar-refractivity contribution in [1.82, 2.24) is 44.2 Å². The normalized spacial score (nSPS) is 15.7. The number of rotatable bonds is 8. The van der Waals surface area contributed by atoms with Crippen molar-refractivity contribution < 1.29 is 0 Å². The molecule has 0 saturated heterocycles. The first-order valence-electron chi connectivity index (χ1n) is 12.9. The maximum atomic E-state index is 5.03. The van der Waals surface area contributed by atoms with E-state index in [2.05, 4.69) is 74.3 Å². The number of aryl methyl sites for hydroxylation is 2. The third-order valence-electron chi connectivity index (χ3n) is 6.91. The maximum absolute atomic E-state index is 5.03. The molecular weight excluding hydrogens is 452 g/mol. The SMILES string of the molecule is CCn1c(-c2cnc(C)nc2)nc2c(N[C@H]3CCc4c(c(C(C)C)nn4CCN(C)C)C3)ncnc21. The van der Waals surface area contributed by atoms with E-state index in [-0.39, 0.29) is 6.04 Å². The Bertz CT molecular complexity index is 1350. The van der Waals surface area contributed by atoms with Gasteiger partial charge >= 0.3 is 0 Å². The molecule has 10 nitrogen and oxygen atoms in total. The Kier molecular flexibility index (Phi) is 6.70. The quantitative estimate of drug-likeness (QED) is 0.402. The van der Waals surface area contributed by atoms with Crippen molar-refractivity contribution in [2.75, 3.05) is 26.0 Å². The number of hydrogen-bond donors (Lipinski definition) is 1. The summed E-state index contributed by atoms with van der Waals surface area (Å²) < 4.78 is 4.34. The minimum absolute atomic E-state index is 0.262. The second kappa shape index (κ2) is 9.93. The van der Waals surface area contributed by atoms with E-state index in [0.717, 1.165) is 73.1 Å². The van der Waals surface area contributed by atoms with E-state index in [1.54, 1.807) is 6.33 Å². The number of imidazole rings is 1. The predicted molar refractivity (Wildman–Crippen MR) is 141 cm³/mol. The molecule has 4 heterocycles. The topological polar surface area (TPSA) is 102 Å². The van der Waals surface area contributed by atoms with Crippen molar-refractivity contribution in [1.29, 1.82) is 0 Å². The molecule has 0 fully saturated rings. The molecular formula is C26H36N10. The van der Waals surface area contributed by atoms with Gasteiger partial charge in [-0.2, -0.15) is 5.10 Å². The van der Waals surface area contributed by atoms with E-state index in [1.165, 1.54) is 17.0 Å². The Hall–Kier alpha value is -3.40. The van der Waals surface area contributed by atoms with E-state index in [0.29, 0.717) is 5.92 Å². The Labute approximate surface area is 212 Å². The van der Waals surface area contributed by atoms with Crippen molar-refractivity contribution in [2.45, 2.75) is 72.0 Å². The number of nitrogens with one attached hydrogen (secondary N) is 1. The molecule has 1 N–H and O–H groups in total. The Balaban J connectivity index is 1.45. The second-order valence-corrected chi connectivity index (χ2v) is 10.2. The van der Waals surface area contributed by atoms with Gasteiger partial charge in [0.15, 0.2) is 17.0 Å². The summed E-state index contributed by atoms with van der Waals surface area (Å²) in [5.74, 6) is 2.72. The summed E-state index contributed by atoms with van der Waals surface area (Å²) in [7, 11) is 4.22. The molecule has 36 heavy (non-hydrogen) atoms. The third kappa shape index (κ3) is 4.57. The summed E-state index contributed by atoms with van der Waals surface area (Å²) in [5.41, 5.74) is 6.49. The molecule has 190 valence electrons. The number of hydrogen-bond acceptors (Lipinski definition) is 8. The van der Waals surface area contributed by atoms with Crippen LogP contribution in [0.15, 0.2) is 18.7 Å². The van der Waals surface area contributed by atoms with Crippen molar-refractivity contribution in [3.63, 3.8) is 0 Å². The summed E-state index contributed by atoms with van der Waals surface area (Å²) in [6.45, 7) is 11.1. The van der Waals surface area contributed by atoms with Crippen LogP contribution in [0, 0.1) is 6.92 Å². The highest BCUT2D eigenvalue weighted by molar-refractivity contribution is 5.86. The summed E-state index contributed by atoms with van der Waals surface area (Å²) in [5, 5.41) is 8.74. The first-order chi connectivity index (χ1) is 17.4. The Morgan fingerprint density at radius 2 is 1.92 bits per heavy atom. The van der Waals surface area contributed by atoms with E-state index in [9.17, 15) is 0 Å². The van der Waals surface area contributed by atoms with Gasteiger partial charge < -0.3 is 14.8 Å². The van der Waals surface area contributed by atoms with Crippen molar-refractivity contribution in [2.24, 2.45) is 0 Å². The molecule has 0 saturated carbocycles.